The largest absolute Gasteiger partial charge is 0.489 e. The fourth-order valence-corrected chi connectivity index (χ4v) is 4.61. The molecule has 0 aromatic carbocycles. The zero-order valence-corrected chi connectivity index (χ0v) is 19.1. The summed E-state index contributed by atoms with van der Waals surface area (Å²) in [7, 11) is 1.89. The lowest BCUT2D eigenvalue weighted by molar-refractivity contribution is -0.143. The van der Waals surface area contributed by atoms with Gasteiger partial charge in [-0.2, -0.15) is 0 Å². The summed E-state index contributed by atoms with van der Waals surface area (Å²) in [6.07, 6.45) is 5.99. The molecular formula is C25H29N5O3. The van der Waals surface area contributed by atoms with Crippen LogP contribution in [0, 0.1) is 12.8 Å². The lowest BCUT2D eigenvalue weighted by Crippen LogP contribution is -2.29. The molecule has 1 N–H and O–H groups in total. The van der Waals surface area contributed by atoms with Gasteiger partial charge in [0, 0.05) is 30.8 Å². The summed E-state index contributed by atoms with van der Waals surface area (Å²) in [5.41, 5.74) is 5.39. The van der Waals surface area contributed by atoms with E-state index in [2.05, 4.69) is 22.4 Å². The summed E-state index contributed by atoms with van der Waals surface area (Å²) < 4.78 is 7.94. The molecule has 2 fully saturated rings. The molecule has 0 unspecified atom stereocenters. The normalized spacial score (nSPS) is 20.5. The van der Waals surface area contributed by atoms with Crippen LogP contribution in [-0.4, -0.2) is 42.1 Å². The van der Waals surface area contributed by atoms with Crippen molar-refractivity contribution in [2.24, 2.45) is 13.0 Å². The highest BCUT2D eigenvalue weighted by Gasteiger charge is 2.29. The molecule has 2 aliphatic rings. The number of aliphatic carboxylic acids is 1. The molecule has 2 aliphatic carbocycles. The molecule has 3 heterocycles. The van der Waals surface area contributed by atoms with Gasteiger partial charge in [-0.15, -0.1) is 5.10 Å². The summed E-state index contributed by atoms with van der Waals surface area (Å²) in [4.78, 5) is 21.0. The first-order chi connectivity index (χ1) is 16.0. The van der Waals surface area contributed by atoms with Crippen molar-refractivity contribution in [2.75, 3.05) is 0 Å². The smallest absolute Gasteiger partial charge is 0.306 e. The Balaban J connectivity index is 1.34. The number of carboxylic acid groups (broad SMARTS) is 1. The Morgan fingerprint density at radius 3 is 2.76 bits per heavy atom. The van der Waals surface area contributed by atoms with Gasteiger partial charge in [0.1, 0.15) is 11.4 Å². The van der Waals surface area contributed by atoms with Gasteiger partial charge in [-0.1, -0.05) is 11.3 Å². The van der Waals surface area contributed by atoms with E-state index in [1.54, 1.807) is 4.68 Å². The Bertz CT molecular complexity index is 1170. The number of carbonyl (C=O) groups is 1. The number of hydrogen-bond donors (Lipinski definition) is 1. The van der Waals surface area contributed by atoms with E-state index in [0.717, 1.165) is 47.7 Å². The molecule has 0 aliphatic heterocycles. The van der Waals surface area contributed by atoms with E-state index < -0.39 is 5.97 Å². The van der Waals surface area contributed by atoms with Gasteiger partial charge in [0.15, 0.2) is 0 Å². The van der Waals surface area contributed by atoms with Crippen LogP contribution in [0.4, 0.5) is 0 Å². The maximum absolute atomic E-state index is 11.4. The summed E-state index contributed by atoms with van der Waals surface area (Å²) in [5.74, 6) is 0.242. The second kappa shape index (κ2) is 8.92. The molecule has 0 radical (unpaired) electrons. The summed E-state index contributed by atoms with van der Waals surface area (Å²) >= 11 is 0. The molecule has 172 valence electrons. The number of ether oxygens (including phenoxy) is 1. The lowest BCUT2D eigenvalue weighted by atomic mass is 9.87. The maximum Gasteiger partial charge on any atom is 0.306 e. The Kier molecular flexibility index (Phi) is 5.83. The molecule has 8 nitrogen and oxygen atoms in total. The van der Waals surface area contributed by atoms with Crippen molar-refractivity contribution < 1.29 is 14.6 Å². The number of aromatic nitrogens is 5. The van der Waals surface area contributed by atoms with Crippen molar-refractivity contribution >= 4 is 5.97 Å². The Hall–Kier alpha value is -3.29. The third-order valence-corrected chi connectivity index (χ3v) is 6.66. The third-order valence-electron chi connectivity index (χ3n) is 6.66. The fraction of sp³-hybridized carbons (Fsp3) is 0.480. The van der Waals surface area contributed by atoms with Gasteiger partial charge in [0.2, 0.25) is 0 Å². The quantitative estimate of drug-likeness (QED) is 0.582. The molecule has 8 heteroatoms. The Labute approximate surface area is 193 Å². The zero-order chi connectivity index (χ0) is 22.9. The molecule has 5 rings (SSSR count). The van der Waals surface area contributed by atoms with Crippen LogP contribution in [0.3, 0.4) is 0 Å². The first kappa shape index (κ1) is 21.6. The van der Waals surface area contributed by atoms with Crippen molar-refractivity contribution in [3.8, 4) is 17.1 Å². The van der Waals surface area contributed by atoms with E-state index in [0.29, 0.717) is 24.5 Å². The van der Waals surface area contributed by atoms with Gasteiger partial charge in [-0.05, 0) is 69.7 Å². The predicted octanol–water partition coefficient (Wildman–Crippen LogP) is 4.07. The first-order valence-electron chi connectivity index (χ1n) is 11.7. The number of nitrogens with zero attached hydrogens (tertiary/aromatic N) is 5. The number of pyridine rings is 2. The van der Waals surface area contributed by atoms with E-state index in [9.17, 15) is 9.90 Å². The van der Waals surface area contributed by atoms with Crippen LogP contribution in [0.15, 0.2) is 30.3 Å². The standard InChI is InChI=1S/C25H29N5O3/c1-15-23(33-19-7-3-5-17(13-19)25(31)32)12-11-21(26-15)24-22(30(2)29-28-24)14-18-6-4-8-20(27-18)16-9-10-16/h4,6,8,11-12,16-17,19H,3,5,7,9-10,13-14H2,1-2H3,(H,31,32)/t17-,19-/m0/s1. The molecule has 3 aromatic heterocycles. The van der Waals surface area contributed by atoms with Crippen molar-refractivity contribution in [1.29, 1.82) is 0 Å². The van der Waals surface area contributed by atoms with Gasteiger partial charge in [0.25, 0.3) is 0 Å². The van der Waals surface area contributed by atoms with Crippen LogP contribution in [0.5, 0.6) is 5.75 Å². The predicted molar refractivity (Wildman–Crippen MR) is 122 cm³/mol. The highest BCUT2D eigenvalue weighted by molar-refractivity contribution is 5.70. The topological polar surface area (TPSA) is 103 Å². The molecule has 2 saturated carbocycles. The SMILES string of the molecule is Cc1nc(-c2nnn(C)c2Cc2cccc(C3CC3)n2)ccc1O[C@H]1CCC[C@H](C(=O)O)C1. The third kappa shape index (κ3) is 4.74. The maximum atomic E-state index is 11.4. The molecule has 3 aromatic rings. The number of aryl methyl sites for hydroxylation is 2. The van der Waals surface area contributed by atoms with Crippen molar-refractivity contribution in [2.45, 2.75) is 63.9 Å². The minimum atomic E-state index is -0.735. The lowest BCUT2D eigenvalue weighted by Gasteiger charge is -2.27. The average molecular weight is 448 g/mol. The van der Waals surface area contributed by atoms with Crippen LogP contribution >= 0.6 is 0 Å². The second-order valence-corrected chi connectivity index (χ2v) is 9.23. The highest BCUT2D eigenvalue weighted by Crippen LogP contribution is 2.39. The van der Waals surface area contributed by atoms with Crippen molar-refractivity contribution in [3.63, 3.8) is 0 Å². The van der Waals surface area contributed by atoms with Gasteiger partial charge in [0.05, 0.1) is 29.1 Å². The number of rotatable bonds is 7. The molecule has 33 heavy (non-hydrogen) atoms. The van der Waals surface area contributed by atoms with E-state index >= 15 is 0 Å². The zero-order valence-electron chi connectivity index (χ0n) is 19.1. The number of carboxylic acids is 1. The molecule has 2 atom stereocenters. The van der Waals surface area contributed by atoms with Gasteiger partial charge < -0.3 is 9.84 Å². The van der Waals surface area contributed by atoms with Crippen LogP contribution in [-0.2, 0) is 18.3 Å². The molecule has 0 bridgehead atoms. The average Bonchev–Trinajstić information content (AvgIpc) is 3.60. The van der Waals surface area contributed by atoms with Gasteiger partial charge in [-0.25, -0.2) is 4.98 Å². The van der Waals surface area contributed by atoms with Crippen molar-refractivity contribution in [1.82, 2.24) is 25.0 Å². The van der Waals surface area contributed by atoms with E-state index in [1.165, 1.54) is 18.5 Å². The molecular weight excluding hydrogens is 418 g/mol. The molecule has 0 saturated heterocycles. The highest BCUT2D eigenvalue weighted by atomic mass is 16.5. The molecule has 0 amide bonds. The number of hydrogen-bond acceptors (Lipinski definition) is 6. The Morgan fingerprint density at radius 1 is 1.15 bits per heavy atom. The summed E-state index contributed by atoms with van der Waals surface area (Å²) in [5, 5.41) is 18.0. The fourth-order valence-electron chi connectivity index (χ4n) is 4.61. The summed E-state index contributed by atoms with van der Waals surface area (Å²) in [6, 6.07) is 10.0. The van der Waals surface area contributed by atoms with Crippen molar-refractivity contribution in [3.05, 3.63) is 53.1 Å². The van der Waals surface area contributed by atoms with Crippen LogP contribution in [0.25, 0.3) is 11.4 Å². The first-order valence-corrected chi connectivity index (χ1v) is 11.7. The van der Waals surface area contributed by atoms with Crippen LogP contribution in [0.1, 0.15) is 67.2 Å². The van der Waals surface area contributed by atoms with Crippen LogP contribution < -0.4 is 4.74 Å². The Morgan fingerprint density at radius 2 is 2.00 bits per heavy atom. The van der Waals surface area contributed by atoms with E-state index in [4.69, 9.17) is 14.7 Å². The van der Waals surface area contributed by atoms with E-state index in [-0.39, 0.29) is 12.0 Å². The van der Waals surface area contributed by atoms with E-state index in [1.807, 2.05) is 32.2 Å². The van der Waals surface area contributed by atoms with Crippen LogP contribution in [0.2, 0.25) is 0 Å². The summed E-state index contributed by atoms with van der Waals surface area (Å²) in [6.45, 7) is 1.91. The minimum Gasteiger partial charge on any atom is -0.489 e. The minimum absolute atomic E-state index is 0.0944. The van der Waals surface area contributed by atoms with Gasteiger partial charge >= 0.3 is 5.97 Å². The monoisotopic (exact) mass is 447 g/mol. The van der Waals surface area contributed by atoms with Gasteiger partial charge in [-0.3, -0.25) is 14.5 Å². The molecule has 0 spiro atoms. The second-order valence-electron chi connectivity index (χ2n) is 9.23.